The average molecular weight is 284 g/mol. The van der Waals surface area contributed by atoms with Crippen LogP contribution in [0.5, 0.6) is 0 Å². The largest absolute Gasteiger partial charge is 0.459 e. The van der Waals surface area contributed by atoms with Crippen LogP contribution in [0.15, 0.2) is 54.6 Å². The van der Waals surface area contributed by atoms with Gasteiger partial charge in [-0.2, -0.15) is 0 Å². The van der Waals surface area contributed by atoms with Gasteiger partial charge < -0.3 is 14.2 Å². The van der Waals surface area contributed by atoms with E-state index in [-0.39, 0.29) is 18.7 Å². The highest BCUT2D eigenvalue weighted by molar-refractivity contribution is 5.89. The van der Waals surface area contributed by atoms with Crippen LogP contribution < -0.4 is 0 Å². The molecule has 4 nitrogen and oxygen atoms in total. The van der Waals surface area contributed by atoms with Crippen LogP contribution in [0.2, 0.25) is 0 Å². The molecule has 1 heterocycles. The van der Waals surface area contributed by atoms with Gasteiger partial charge in [0.05, 0.1) is 5.56 Å². The van der Waals surface area contributed by atoms with Gasteiger partial charge in [0.15, 0.2) is 6.29 Å². The molecular weight excluding hydrogens is 268 g/mol. The molecule has 0 N–H and O–H groups in total. The fraction of sp³-hybridized carbons (Fsp3) is 0.235. The Morgan fingerprint density at radius 3 is 2.43 bits per heavy atom. The van der Waals surface area contributed by atoms with E-state index in [0.717, 1.165) is 11.1 Å². The van der Waals surface area contributed by atoms with E-state index >= 15 is 0 Å². The summed E-state index contributed by atoms with van der Waals surface area (Å²) >= 11 is 0. The maximum atomic E-state index is 12.0. The van der Waals surface area contributed by atoms with E-state index in [1.54, 1.807) is 31.4 Å². The second-order valence-electron chi connectivity index (χ2n) is 4.79. The summed E-state index contributed by atoms with van der Waals surface area (Å²) in [6.07, 6.45) is -0.694. The minimum atomic E-state index is -0.401. The van der Waals surface area contributed by atoms with Crippen molar-refractivity contribution in [3.05, 3.63) is 71.3 Å². The second kappa shape index (κ2) is 6.08. The van der Waals surface area contributed by atoms with Crippen LogP contribution >= 0.6 is 0 Å². The quantitative estimate of drug-likeness (QED) is 0.808. The topological polar surface area (TPSA) is 44.8 Å². The van der Waals surface area contributed by atoms with E-state index in [4.69, 9.17) is 14.2 Å². The molecule has 1 aliphatic heterocycles. The van der Waals surface area contributed by atoms with Crippen LogP contribution in [-0.4, -0.2) is 19.7 Å². The van der Waals surface area contributed by atoms with Crippen molar-refractivity contribution in [3.63, 3.8) is 0 Å². The SMILES string of the molecule is CO[C@H]1O[C@H](COC(=O)c2ccccc2)c2ccccc21. The Balaban J connectivity index is 1.68. The molecule has 0 aromatic heterocycles. The number of hydrogen-bond acceptors (Lipinski definition) is 4. The molecule has 2 atom stereocenters. The normalized spacial score (nSPS) is 20.0. The summed E-state index contributed by atoms with van der Waals surface area (Å²) in [5.41, 5.74) is 2.53. The van der Waals surface area contributed by atoms with Crippen LogP contribution in [0.4, 0.5) is 0 Å². The molecular formula is C17H16O4. The lowest BCUT2D eigenvalue weighted by atomic mass is 10.1. The first kappa shape index (κ1) is 13.8. The summed E-state index contributed by atoms with van der Waals surface area (Å²) in [5, 5.41) is 0. The standard InChI is InChI=1S/C17H16O4/c1-19-17-14-10-6-5-9-13(14)15(21-17)11-20-16(18)12-7-3-2-4-8-12/h2-10,15,17H,11H2,1H3/t15-,17+/m1/s1. The van der Waals surface area contributed by atoms with E-state index in [2.05, 4.69) is 0 Å². The van der Waals surface area contributed by atoms with Crippen molar-refractivity contribution in [2.45, 2.75) is 12.4 Å². The molecule has 21 heavy (non-hydrogen) atoms. The predicted octanol–water partition coefficient (Wildman–Crippen LogP) is 3.26. The van der Waals surface area contributed by atoms with Gasteiger partial charge in [0, 0.05) is 12.7 Å². The van der Waals surface area contributed by atoms with Gasteiger partial charge in [0.25, 0.3) is 0 Å². The van der Waals surface area contributed by atoms with Crippen molar-refractivity contribution in [3.8, 4) is 0 Å². The number of benzene rings is 2. The highest BCUT2D eigenvalue weighted by Gasteiger charge is 2.32. The molecule has 4 heteroatoms. The molecule has 0 amide bonds. The molecule has 2 aromatic carbocycles. The van der Waals surface area contributed by atoms with Crippen LogP contribution in [0.3, 0.4) is 0 Å². The Bertz CT molecular complexity index is 624. The highest BCUT2D eigenvalue weighted by Crippen LogP contribution is 2.39. The second-order valence-corrected chi connectivity index (χ2v) is 4.79. The van der Waals surface area contributed by atoms with Crippen molar-refractivity contribution in [1.29, 1.82) is 0 Å². The molecule has 1 aliphatic rings. The number of hydrogen-bond donors (Lipinski definition) is 0. The smallest absolute Gasteiger partial charge is 0.338 e. The molecule has 0 fully saturated rings. The van der Waals surface area contributed by atoms with E-state index in [1.807, 2.05) is 30.3 Å². The number of carbonyl (C=O) groups excluding carboxylic acids is 1. The number of ether oxygens (including phenoxy) is 3. The number of methoxy groups -OCH3 is 1. The summed E-state index contributed by atoms with van der Waals surface area (Å²) in [5.74, 6) is -0.349. The Hall–Kier alpha value is -2.17. The number of fused-ring (bicyclic) bond motifs is 1. The van der Waals surface area contributed by atoms with E-state index in [1.165, 1.54) is 0 Å². The lowest BCUT2D eigenvalue weighted by molar-refractivity contribution is -0.152. The summed E-state index contributed by atoms with van der Waals surface area (Å²) in [6, 6.07) is 16.7. The summed E-state index contributed by atoms with van der Waals surface area (Å²) in [4.78, 5) is 12.0. The zero-order valence-electron chi connectivity index (χ0n) is 11.7. The number of esters is 1. The molecule has 0 saturated carbocycles. The first-order valence-corrected chi connectivity index (χ1v) is 6.79. The summed E-state index contributed by atoms with van der Waals surface area (Å²) < 4.78 is 16.4. The molecule has 0 bridgehead atoms. The average Bonchev–Trinajstić information content (AvgIpc) is 2.91. The Morgan fingerprint density at radius 2 is 1.71 bits per heavy atom. The molecule has 0 unspecified atom stereocenters. The molecule has 2 aromatic rings. The van der Waals surface area contributed by atoms with Gasteiger partial charge in [-0.05, 0) is 17.7 Å². The zero-order chi connectivity index (χ0) is 14.7. The van der Waals surface area contributed by atoms with Crippen molar-refractivity contribution in [2.75, 3.05) is 13.7 Å². The van der Waals surface area contributed by atoms with E-state index in [0.29, 0.717) is 5.56 Å². The van der Waals surface area contributed by atoms with E-state index < -0.39 is 6.29 Å². The summed E-state index contributed by atoms with van der Waals surface area (Å²) in [7, 11) is 1.60. The van der Waals surface area contributed by atoms with Crippen LogP contribution in [-0.2, 0) is 14.2 Å². The van der Waals surface area contributed by atoms with Crippen LogP contribution in [0, 0.1) is 0 Å². The summed E-state index contributed by atoms with van der Waals surface area (Å²) in [6.45, 7) is 0.171. The van der Waals surface area contributed by atoms with Gasteiger partial charge in [0.1, 0.15) is 12.7 Å². The lowest BCUT2D eigenvalue weighted by Crippen LogP contribution is -2.13. The molecule has 0 aliphatic carbocycles. The van der Waals surface area contributed by atoms with Gasteiger partial charge >= 0.3 is 5.97 Å². The first-order valence-electron chi connectivity index (χ1n) is 6.79. The fourth-order valence-electron chi connectivity index (χ4n) is 2.44. The van der Waals surface area contributed by atoms with Crippen molar-refractivity contribution < 1.29 is 19.0 Å². The molecule has 0 saturated heterocycles. The molecule has 0 radical (unpaired) electrons. The minimum Gasteiger partial charge on any atom is -0.459 e. The van der Waals surface area contributed by atoms with Gasteiger partial charge in [-0.3, -0.25) is 0 Å². The molecule has 0 spiro atoms. The van der Waals surface area contributed by atoms with Gasteiger partial charge in [0.2, 0.25) is 0 Å². The maximum absolute atomic E-state index is 12.0. The third kappa shape index (κ3) is 2.82. The predicted molar refractivity (Wildman–Crippen MR) is 76.7 cm³/mol. The first-order chi connectivity index (χ1) is 10.3. The molecule has 108 valence electrons. The zero-order valence-corrected chi connectivity index (χ0v) is 11.7. The minimum absolute atomic E-state index is 0.171. The monoisotopic (exact) mass is 284 g/mol. The molecule has 3 rings (SSSR count). The van der Waals surface area contributed by atoms with Crippen LogP contribution in [0.25, 0.3) is 0 Å². The van der Waals surface area contributed by atoms with Crippen molar-refractivity contribution in [1.82, 2.24) is 0 Å². The Kier molecular flexibility index (Phi) is 3.99. The van der Waals surface area contributed by atoms with Crippen molar-refractivity contribution in [2.24, 2.45) is 0 Å². The van der Waals surface area contributed by atoms with Crippen molar-refractivity contribution >= 4 is 5.97 Å². The number of carbonyl (C=O) groups is 1. The van der Waals surface area contributed by atoms with E-state index in [9.17, 15) is 4.79 Å². The Labute approximate surface area is 123 Å². The van der Waals surface area contributed by atoms with Crippen LogP contribution in [0.1, 0.15) is 33.9 Å². The third-order valence-corrected chi connectivity index (χ3v) is 3.47. The maximum Gasteiger partial charge on any atom is 0.338 e. The third-order valence-electron chi connectivity index (χ3n) is 3.47. The number of rotatable bonds is 4. The Morgan fingerprint density at radius 1 is 1.05 bits per heavy atom. The van der Waals surface area contributed by atoms with Gasteiger partial charge in [-0.25, -0.2) is 4.79 Å². The van der Waals surface area contributed by atoms with Gasteiger partial charge in [-0.1, -0.05) is 42.5 Å². The van der Waals surface area contributed by atoms with Gasteiger partial charge in [-0.15, -0.1) is 0 Å². The fourth-order valence-corrected chi connectivity index (χ4v) is 2.44. The lowest BCUT2D eigenvalue weighted by Gasteiger charge is -2.13. The highest BCUT2D eigenvalue weighted by atomic mass is 16.7.